The van der Waals surface area contributed by atoms with Gasteiger partial charge in [-0.1, -0.05) is 56.2 Å². The first-order valence-corrected chi connectivity index (χ1v) is 8.96. The molecule has 0 aliphatic rings. The first-order chi connectivity index (χ1) is 11.6. The number of Topliss-reactive ketones (excluding diaryl/α,β-unsaturated/α-hetero) is 1. The summed E-state index contributed by atoms with van der Waals surface area (Å²) in [5.74, 6) is -0.601. The quantitative estimate of drug-likeness (QED) is 0.260. The number of hydrogen-bond donors (Lipinski definition) is 2. The molecule has 0 saturated heterocycles. The number of carbonyl (C=O) groups excluding carboxylic acids is 1. The van der Waals surface area contributed by atoms with Crippen LogP contribution in [-0.2, 0) is 9.59 Å². The van der Waals surface area contributed by atoms with Gasteiger partial charge in [0.25, 0.3) is 0 Å². The maximum absolute atomic E-state index is 11.7. The highest BCUT2D eigenvalue weighted by Crippen LogP contribution is 2.04. The summed E-state index contributed by atoms with van der Waals surface area (Å²) < 4.78 is 0. The highest BCUT2D eigenvalue weighted by atomic mass is 16.4. The average molecular weight is 336 g/mol. The van der Waals surface area contributed by atoms with Crippen molar-refractivity contribution in [1.82, 2.24) is 0 Å². The summed E-state index contributed by atoms with van der Waals surface area (Å²) in [6.07, 6.45) is 18.0. The second-order valence-electron chi connectivity index (χ2n) is 5.92. The molecule has 0 aliphatic carbocycles. The van der Waals surface area contributed by atoms with E-state index >= 15 is 0 Å². The molecule has 0 aliphatic heterocycles. The number of carboxylic acid groups (broad SMARTS) is 1. The maximum atomic E-state index is 11.7. The van der Waals surface area contributed by atoms with Crippen LogP contribution in [-0.4, -0.2) is 28.1 Å². The van der Waals surface area contributed by atoms with E-state index in [0.29, 0.717) is 32.1 Å². The van der Waals surface area contributed by atoms with Gasteiger partial charge < -0.3 is 10.2 Å². The van der Waals surface area contributed by atoms with Crippen LogP contribution in [0.2, 0.25) is 0 Å². The van der Waals surface area contributed by atoms with E-state index in [1.807, 2.05) is 18.2 Å². The fraction of sp³-hybridized carbons (Fsp3) is 0.600. The number of carboxylic acids is 1. The van der Waals surface area contributed by atoms with Gasteiger partial charge >= 0.3 is 5.97 Å². The number of aliphatic carboxylic acids is 1. The van der Waals surface area contributed by atoms with E-state index in [4.69, 9.17) is 5.11 Å². The fourth-order valence-electron chi connectivity index (χ4n) is 2.12. The predicted octanol–water partition coefficient (Wildman–Crippen LogP) is 4.59. The fourth-order valence-corrected chi connectivity index (χ4v) is 2.12. The van der Waals surface area contributed by atoms with E-state index < -0.39 is 12.1 Å². The van der Waals surface area contributed by atoms with E-state index in [0.717, 1.165) is 6.42 Å². The lowest BCUT2D eigenvalue weighted by Gasteiger charge is -2.02. The van der Waals surface area contributed by atoms with Crippen molar-refractivity contribution in [2.75, 3.05) is 0 Å². The standard InChI is InChI=1S/C20H32O4/c1-2-3-4-5-6-9-13-18(21)14-10-7-8-11-15-19(22)16-12-17-20(23)24/h6-9,11,15,19,22H,2-5,10,12-14,16-17H2,1H3,(H,23,24)/b8-7+,9-6+,15-11+/t19-/m1/s1. The van der Waals surface area contributed by atoms with Crippen LogP contribution in [0.5, 0.6) is 0 Å². The van der Waals surface area contributed by atoms with Gasteiger partial charge in [-0.3, -0.25) is 9.59 Å². The third-order valence-electron chi connectivity index (χ3n) is 3.55. The van der Waals surface area contributed by atoms with Crippen molar-refractivity contribution >= 4 is 11.8 Å². The Hall–Kier alpha value is -1.68. The molecule has 4 nitrogen and oxygen atoms in total. The van der Waals surface area contributed by atoms with Gasteiger partial charge in [0.15, 0.2) is 0 Å². The zero-order valence-corrected chi connectivity index (χ0v) is 14.8. The lowest BCUT2D eigenvalue weighted by molar-refractivity contribution is -0.137. The monoisotopic (exact) mass is 336 g/mol. The van der Waals surface area contributed by atoms with Crippen LogP contribution < -0.4 is 0 Å². The first kappa shape index (κ1) is 22.3. The molecule has 0 bridgehead atoms. The first-order valence-electron chi connectivity index (χ1n) is 8.96. The average Bonchev–Trinajstić information content (AvgIpc) is 2.53. The third-order valence-corrected chi connectivity index (χ3v) is 3.55. The van der Waals surface area contributed by atoms with Crippen LogP contribution in [0.15, 0.2) is 36.5 Å². The van der Waals surface area contributed by atoms with Gasteiger partial charge in [-0.2, -0.15) is 0 Å². The Kier molecular flexibility index (Phi) is 15.1. The molecule has 0 saturated carbocycles. The number of unbranched alkanes of at least 4 members (excludes halogenated alkanes) is 3. The minimum absolute atomic E-state index is 0.0793. The number of aliphatic hydroxyl groups excluding tert-OH is 1. The molecule has 0 rings (SSSR count). The molecule has 0 aromatic rings. The lowest BCUT2D eigenvalue weighted by atomic mass is 10.1. The molecule has 0 spiro atoms. The van der Waals surface area contributed by atoms with Crippen molar-refractivity contribution in [3.63, 3.8) is 0 Å². The second-order valence-corrected chi connectivity index (χ2v) is 5.92. The lowest BCUT2D eigenvalue weighted by Crippen LogP contribution is -2.03. The van der Waals surface area contributed by atoms with Gasteiger partial charge in [-0.15, -0.1) is 0 Å². The van der Waals surface area contributed by atoms with Crippen LogP contribution in [0.25, 0.3) is 0 Å². The highest BCUT2D eigenvalue weighted by Gasteiger charge is 2.01. The summed E-state index contributed by atoms with van der Waals surface area (Å²) in [6.45, 7) is 2.18. The van der Waals surface area contributed by atoms with Crippen LogP contribution in [0.4, 0.5) is 0 Å². The van der Waals surface area contributed by atoms with Gasteiger partial charge in [0, 0.05) is 19.3 Å². The Bertz CT molecular complexity index is 421. The number of rotatable bonds is 15. The van der Waals surface area contributed by atoms with Crippen molar-refractivity contribution in [3.05, 3.63) is 36.5 Å². The van der Waals surface area contributed by atoms with Crippen molar-refractivity contribution in [2.24, 2.45) is 0 Å². The molecule has 0 fully saturated rings. The van der Waals surface area contributed by atoms with E-state index in [9.17, 15) is 14.7 Å². The maximum Gasteiger partial charge on any atom is 0.303 e. The Labute approximate surface area is 146 Å². The molecule has 0 aromatic carbocycles. The van der Waals surface area contributed by atoms with Gasteiger partial charge in [0.2, 0.25) is 0 Å². The molecular weight excluding hydrogens is 304 g/mol. The molecule has 2 N–H and O–H groups in total. The van der Waals surface area contributed by atoms with Crippen molar-refractivity contribution in [1.29, 1.82) is 0 Å². The van der Waals surface area contributed by atoms with Crippen molar-refractivity contribution < 1.29 is 19.8 Å². The Balaban J connectivity index is 3.67. The molecule has 0 unspecified atom stereocenters. The molecular formula is C20H32O4. The summed E-state index contributed by atoms with van der Waals surface area (Å²) in [7, 11) is 0. The third kappa shape index (κ3) is 16.7. The zero-order valence-electron chi connectivity index (χ0n) is 14.8. The highest BCUT2D eigenvalue weighted by molar-refractivity contribution is 5.79. The van der Waals surface area contributed by atoms with Crippen LogP contribution in [0.1, 0.15) is 71.1 Å². The number of aliphatic hydroxyl groups is 1. The summed E-state index contributed by atoms with van der Waals surface area (Å²) in [4.78, 5) is 22.0. The summed E-state index contributed by atoms with van der Waals surface area (Å²) >= 11 is 0. The minimum Gasteiger partial charge on any atom is -0.481 e. The molecule has 0 amide bonds. The molecule has 4 heteroatoms. The van der Waals surface area contributed by atoms with Crippen molar-refractivity contribution in [2.45, 2.75) is 77.2 Å². The smallest absolute Gasteiger partial charge is 0.303 e. The van der Waals surface area contributed by atoms with E-state index in [2.05, 4.69) is 13.0 Å². The van der Waals surface area contributed by atoms with E-state index in [1.165, 1.54) is 19.3 Å². The number of hydrogen-bond acceptors (Lipinski definition) is 3. The second kappa shape index (κ2) is 16.2. The zero-order chi connectivity index (χ0) is 18.0. The Morgan fingerprint density at radius 2 is 1.75 bits per heavy atom. The summed E-state index contributed by atoms with van der Waals surface area (Å²) in [5, 5.41) is 18.1. The molecule has 0 aromatic heterocycles. The van der Waals surface area contributed by atoms with Gasteiger partial charge in [-0.05, 0) is 32.1 Å². The van der Waals surface area contributed by atoms with Crippen LogP contribution in [0.3, 0.4) is 0 Å². The molecule has 136 valence electrons. The Morgan fingerprint density at radius 3 is 2.46 bits per heavy atom. The van der Waals surface area contributed by atoms with Crippen LogP contribution in [0, 0.1) is 0 Å². The number of ketones is 1. The normalized spacial score (nSPS) is 13.2. The SMILES string of the molecule is CCCCC/C=C/CC(=O)CC/C=C/C=C/[C@@H](O)CCCC(=O)O. The molecule has 0 radical (unpaired) electrons. The van der Waals surface area contributed by atoms with Crippen LogP contribution >= 0.6 is 0 Å². The Morgan fingerprint density at radius 1 is 0.958 bits per heavy atom. The van der Waals surface area contributed by atoms with Gasteiger partial charge in [0.1, 0.15) is 5.78 Å². The molecule has 1 atom stereocenters. The van der Waals surface area contributed by atoms with Crippen molar-refractivity contribution in [3.8, 4) is 0 Å². The predicted molar refractivity (Wildman–Crippen MR) is 97.9 cm³/mol. The topological polar surface area (TPSA) is 74.6 Å². The largest absolute Gasteiger partial charge is 0.481 e. The minimum atomic E-state index is -0.841. The van der Waals surface area contributed by atoms with Gasteiger partial charge in [-0.25, -0.2) is 0 Å². The molecule has 24 heavy (non-hydrogen) atoms. The molecule has 0 heterocycles. The van der Waals surface area contributed by atoms with E-state index in [1.54, 1.807) is 12.2 Å². The van der Waals surface area contributed by atoms with E-state index in [-0.39, 0.29) is 12.2 Å². The number of carbonyl (C=O) groups is 2. The van der Waals surface area contributed by atoms with Gasteiger partial charge in [0.05, 0.1) is 6.10 Å². The summed E-state index contributed by atoms with van der Waals surface area (Å²) in [6, 6.07) is 0. The number of allylic oxidation sites excluding steroid dienone is 5. The summed E-state index contributed by atoms with van der Waals surface area (Å²) in [5.41, 5.74) is 0.